The summed E-state index contributed by atoms with van der Waals surface area (Å²) in [7, 11) is 1.89. The molecule has 77 heavy (non-hydrogen) atoms. The normalized spacial score (nSPS) is 15.2. The minimum absolute atomic E-state index is 0.0365. The zero-order valence-corrected chi connectivity index (χ0v) is 47.9. The van der Waals surface area contributed by atoms with E-state index in [0.717, 1.165) is 34.8 Å². The van der Waals surface area contributed by atoms with E-state index in [1.54, 1.807) is 41.5 Å². The van der Waals surface area contributed by atoms with Crippen molar-refractivity contribution in [3.05, 3.63) is 58.1 Å². The van der Waals surface area contributed by atoms with E-state index in [2.05, 4.69) is 40.1 Å². The van der Waals surface area contributed by atoms with Crippen molar-refractivity contribution in [2.45, 2.75) is 170 Å². The first kappa shape index (κ1) is 65.2. The molecule has 21 heteroatoms. The van der Waals surface area contributed by atoms with Crippen LogP contribution in [-0.2, 0) is 49.5 Å². The van der Waals surface area contributed by atoms with Gasteiger partial charge in [-0.15, -0.1) is 11.3 Å². The lowest BCUT2D eigenvalue weighted by Crippen LogP contribution is -2.56. The van der Waals surface area contributed by atoms with Gasteiger partial charge in [-0.2, -0.15) is 0 Å². The molecule has 0 fully saturated rings. The van der Waals surface area contributed by atoms with Gasteiger partial charge in [-0.25, -0.2) is 4.98 Å². The van der Waals surface area contributed by atoms with E-state index in [1.165, 1.54) is 19.1 Å². The number of thiazole rings is 1. The summed E-state index contributed by atoms with van der Waals surface area (Å²) in [5.74, 6) is -4.70. The molecule has 0 unspecified atom stereocenters. The number of amides is 7. The van der Waals surface area contributed by atoms with Crippen molar-refractivity contribution >= 4 is 70.3 Å². The molecule has 2 aromatic rings. The molecule has 1 aromatic heterocycles. The fraction of sp³-hybridized carbons (Fsp3) is 0.643. The number of hydrogen-bond acceptors (Lipinski definition) is 14. The van der Waals surface area contributed by atoms with Gasteiger partial charge in [0.25, 0.3) is 17.7 Å². The molecular weight excluding hydrogens is 1010 g/mol. The van der Waals surface area contributed by atoms with Gasteiger partial charge in [0.05, 0.1) is 12.5 Å². The van der Waals surface area contributed by atoms with Crippen molar-refractivity contribution in [1.82, 2.24) is 35.6 Å². The summed E-state index contributed by atoms with van der Waals surface area (Å²) in [5.41, 5.74) is 6.93. The highest BCUT2D eigenvalue weighted by atomic mass is 32.1. The number of nitrogens with two attached hydrogens (primary N) is 1. The Bertz CT molecular complexity index is 2290. The van der Waals surface area contributed by atoms with Crippen LogP contribution in [0.1, 0.15) is 160 Å². The number of rotatable bonds is 36. The second-order valence-electron chi connectivity index (χ2n) is 21.1. The summed E-state index contributed by atoms with van der Waals surface area (Å²) in [6.07, 6.45) is 7.04. The number of likely N-dealkylation sites (N-methyl/N-ethyl adjacent to an activating group) is 2. The Hall–Kier alpha value is -6.06. The van der Waals surface area contributed by atoms with Crippen molar-refractivity contribution < 1.29 is 53.0 Å². The zero-order chi connectivity index (χ0) is 57.4. The standard InChI is InChI=1S/C56H87N9O11S/c1-11-37(7)51(62-48(68)33-63(10)29-26-35(3)4)55(73)64(12-2)45(36(5)6)32-46(76-39(9)66)54-61-44(34-77-54)53(72)59-42(30-38(8)56(74)75)31-40-20-22-41(23-21-40)58-52(71)43(18-15-16-27-57)60-47(67)19-14-13-17-28-65-49(69)24-25-50(65)70/h20-25,34-38,42-43,45-46,51H,11-19,26-33,57H2,1-10H3,(H,58,71)(H,59,72)(H,60,67)(H,62,68)(H,74,75)/t37-,38-,42+,43-,45+,46+,51-/m0/s1. The average Bonchev–Trinajstić information content (AvgIpc) is 4.00. The van der Waals surface area contributed by atoms with Gasteiger partial charge in [0.15, 0.2) is 6.10 Å². The fourth-order valence-electron chi connectivity index (χ4n) is 8.99. The number of carbonyl (C=O) groups excluding carboxylic acids is 8. The molecule has 428 valence electrons. The molecular formula is C56H87N9O11S. The number of carboxylic acids is 1. The Kier molecular flexibility index (Phi) is 28.2. The van der Waals surface area contributed by atoms with Crippen molar-refractivity contribution in [2.75, 3.05) is 45.1 Å². The van der Waals surface area contributed by atoms with Crippen LogP contribution in [0.2, 0.25) is 0 Å². The third kappa shape index (κ3) is 22.4. The van der Waals surface area contributed by atoms with Crippen LogP contribution >= 0.6 is 11.3 Å². The summed E-state index contributed by atoms with van der Waals surface area (Å²) in [6.45, 7) is 18.7. The number of aliphatic carboxylic acids is 1. The van der Waals surface area contributed by atoms with Crippen LogP contribution in [0, 0.1) is 23.7 Å². The number of hydrogen-bond donors (Lipinski definition) is 6. The number of aromatic nitrogens is 1. The molecule has 20 nitrogen and oxygen atoms in total. The van der Waals surface area contributed by atoms with Gasteiger partial charge in [-0.3, -0.25) is 53.0 Å². The highest BCUT2D eigenvalue weighted by Gasteiger charge is 2.37. The van der Waals surface area contributed by atoms with Gasteiger partial charge in [0.1, 0.15) is 22.8 Å². The Labute approximate surface area is 459 Å². The lowest BCUT2D eigenvalue weighted by Gasteiger charge is -2.38. The predicted octanol–water partition coefficient (Wildman–Crippen LogP) is 6.01. The highest BCUT2D eigenvalue weighted by molar-refractivity contribution is 7.09. The zero-order valence-electron chi connectivity index (χ0n) is 47.1. The molecule has 1 aromatic carbocycles. The van der Waals surface area contributed by atoms with Gasteiger partial charge in [-0.1, -0.05) is 73.4 Å². The first-order valence-electron chi connectivity index (χ1n) is 27.4. The third-order valence-corrected chi connectivity index (χ3v) is 14.7. The molecule has 7 atom stereocenters. The van der Waals surface area contributed by atoms with Crippen molar-refractivity contribution in [1.29, 1.82) is 0 Å². The summed E-state index contributed by atoms with van der Waals surface area (Å²) < 4.78 is 5.86. The van der Waals surface area contributed by atoms with Crippen LogP contribution in [0.15, 0.2) is 41.8 Å². The SMILES string of the molecule is CC[C@H](C)[C@H](NC(=O)CN(C)CCC(C)C)C(=O)N(CC)[C@H](C[C@@H](OC(C)=O)c1nc(C(=O)N[C@@H](Cc2ccc(NC(=O)[C@H](CCCCN)NC(=O)CCCCCN3C(=O)C=CC3=O)cc2)C[C@H](C)C(=O)O)cs1)C(C)C. The largest absolute Gasteiger partial charge is 0.481 e. The maximum atomic E-state index is 14.5. The van der Waals surface area contributed by atoms with Crippen LogP contribution < -0.4 is 27.0 Å². The van der Waals surface area contributed by atoms with E-state index in [0.29, 0.717) is 74.6 Å². The molecule has 0 radical (unpaired) electrons. The maximum Gasteiger partial charge on any atom is 0.306 e. The molecule has 2 heterocycles. The van der Waals surface area contributed by atoms with Gasteiger partial charge in [0, 0.05) is 68.2 Å². The Morgan fingerprint density at radius 1 is 0.844 bits per heavy atom. The summed E-state index contributed by atoms with van der Waals surface area (Å²) in [6, 6.07) is 4.15. The number of imide groups is 1. The Morgan fingerprint density at radius 2 is 1.52 bits per heavy atom. The summed E-state index contributed by atoms with van der Waals surface area (Å²) in [5, 5.41) is 23.4. The summed E-state index contributed by atoms with van der Waals surface area (Å²) >= 11 is 1.13. The minimum atomic E-state index is -1.04. The van der Waals surface area contributed by atoms with E-state index in [9.17, 15) is 48.3 Å². The first-order chi connectivity index (χ1) is 36.5. The van der Waals surface area contributed by atoms with E-state index in [4.69, 9.17) is 10.5 Å². The molecule has 0 saturated carbocycles. The molecule has 0 spiro atoms. The fourth-order valence-corrected chi connectivity index (χ4v) is 9.82. The number of carbonyl (C=O) groups is 9. The second kappa shape index (κ2) is 33.3. The van der Waals surface area contributed by atoms with Crippen molar-refractivity contribution in [3.63, 3.8) is 0 Å². The lowest BCUT2D eigenvalue weighted by molar-refractivity contribution is -0.149. The van der Waals surface area contributed by atoms with Gasteiger partial charge in [-0.05, 0) is 114 Å². The number of nitrogens with zero attached hydrogens (tertiary/aromatic N) is 4. The van der Waals surface area contributed by atoms with Crippen LogP contribution in [-0.4, -0.2) is 142 Å². The number of unbranched alkanes of at least 4 members (excludes halogenated alkanes) is 3. The first-order valence-corrected chi connectivity index (χ1v) is 28.2. The number of anilines is 1. The van der Waals surface area contributed by atoms with Crippen LogP contribution in [0.5, 0.6) is 0 Å². The van der Waals surface area contributed by atoms with E-state index >= 15 is 0 Å². The van der Waals surface area contributed by atoms with Crippen molar-refractivity contribution in [2.24, 2.45) is 29.4 Å². The highest BCUT2D eigenvalue weighted by Crippen LogP contribution is 2.32. The van der Waals surface area contributed by atoms with Crippen molar-refractivity contribution in [3.8, 4) is 0 Å². The van der Waals surface area contributed by atoms with E-state index < -0.39 is 59.9 Å². The molecule has 1 aliphatic heterocycles. The topological polar surface area (TPSA) is 280 Å². The number of benzene rings is 1. The van der Waals surface area contributed by atoms with Gasteiger partial charge < -0.3 is 41.7 Å². The van der Waals surface area contributed by atoms with E-state index in [-0.39, 0.29) is 85.8 Å². The number of carboxylic acid groups (broad SMARTS) is 1. The molecule has 0 bridgehead atoms. The smallest absolute Gasteiger partial charge is 0.306 e. The Balaban J connectivity index is 1.74. The third-order valence-electron chi connectivity index (χ3n) is 13.8. The Morgan fingerprint density at radius 3 is 2.10 bits per heavy atom. The molecule has 3 rings (SSSR count). The molecule has 7 N–H and O–H groups in total. The van der Waals surface area contributed by atoms with Crippen LogP contribution in [0.4, 0.5) is 5.69 Å². The van der Waals surface area contributed by atoms with Crippen LogP contribution in [0.25, 0.3) is 0 Å². The second-order valence-corrected chi connectivity index (χ2v) is 22.0. The average molecular weight is 1090 g/mol. The molecule has 7 amide bonds. The maximum absolute atomic E-state index is 14.5. The van der Waals surface area contributed by atoms with Gasteiger partial charge in [0.2, 0.25) is 23.6 Å². The molecule has 1 aliphatic rings. The number of ether oxygens (including phenoxy) is 1. The predicted molar refractivity (Wildman–Crippen MR) is 296 cm³/mol. The van der Waals surface area contributed by atoms with E-state index in [1.807, 2.05) is 46.6 Å². The van der Waals surface area contributed by atoms with Crippen LogP contribution in [0.3, 0.4) is 0 Å². The lowest BCUT2D eigenvalue weighted by atomic mass is 9.92. The number of esters is 1. The summed E-state index contributed by atoms with van der Waals surface area (Å²) in [4.78, 5) is 126. The quantitative estimate of drug-likeness (QED) is 0.0259. The molecule has 0 aliphatic carbocycles. The monoisotopic (exact) mass is 1090 g/mol. The molecule has 0 saturated heterocycles. The minimum Gasteiger partial charge on any atom is -0.481 e. The van der Waals surface area contributed by atoms with Gasteiger partial charge >= 0.3 is 11.9 Å². The number of nitrogens with one attached hydrogen (secondary N) is 4.